The quantitative estimate of drug-likeness (QED) is 0.372. The Morgan fingerprint density at radius 3 is 1.45 bits per heavy atom. The minimum Gasteiger partial charge on any atom is -0.494 e. The number of nitrogens with one attached hydrogen (secondary N) is 2. The van der Waals surface area contributed by atoms with Crippen molar-refractivity contribution in [2.45, 2.75) is 26.1 Å². The molecule has 0 aliphatic carbocycles. The van der Waals surface area contributed by atoms with E-state index in [2.05, 4.69) is 10.6 Å². The maximum Gasteiger partial charge on any atom is 0.119 e. The van der Waals surface area contributed by atoms with Crippen molar-refractivity contribution in [3.8, 4) is 11.5 Å². The van der Waals surface area contributed by atoms with Crippen molar-refractivity contribution in [1.29, 1.82) is 0 Å². The van der Waals surface area contributed by atoms with Gasteiger partial charge >= 0.3 is 0 Å². The maximum atomic E-state index is 10.1. The molecule has 7 heteroatoms. The first-order valence-corrected chi connectivity index (χ1v) is 11.1. The van der Waals surface area contributed by atoms with Gasteiger partial charge in [0.25, 0.3) is 0 Å². The second-order valence-corrected chi connectivity index (χ2v) is 7.60. The molecular weight excluding hydrogens is 388 g/mol. The highest BCUT2D eigenvalue weighted by Crippen LogP contribution is 2.17. The summed E-state index contributed by atoms with van der Waals surface area (Å²) in [5.74, 6) is 2.79. The second-order valence-electron chi connectivity index (χ2n) is 6.52. The fourth-order valence-electron chi connectivity index (χ4n) is 2.60. The van der Waals surface area contributed by atoms with E-state index >= 15 is 0 Å². The highest BCUT2D eigenvalue weighted by Gasteiger charge is 2.08. The van der Waals surface area contributed by atoms with E-state index in [0.29, 0.717) is 37.8 Å². The molecule has 2 rings (SSSR count). The molecule has 0 amide bonds. The highest BCUT2D eigenvalue weighted by molar-refractivity contribution is 7.99. The molecule has 0 unspecified atom stereocenters. The van der Waals surface area contributed by atoms with Crippen molar-refractivity contribution >= 4 is 23.1 Å². The fourth-order valence-corrected chi connectivity index (χ4v) is 3.52. The van der Waals surface area contributed by atoms with Gasteiger partial charge in [-0.2, -0.15) is 11.8 Å². The Balaban J connectivity index is 1.58. The molecule has 0 heterocycles. The third-order valence-electron chi connectivity index (χ3n) is 4.03. The molecule has 0 aromatic heterocycles. The number of thioether (sulfide) groups is 1. The Bertz CT molecular complexity index is 623. The van der Waals surface area contributed by atoms with Gasteiger partial charge in [-0.25, -0.2) is 0 Å². The van der Waals surface area contributed by atoms with Crippen molar-refractivity contribution in [2.24, 2.45) is 0 Å². The fraction of sp³-hybridized carbons (Fsp3) is 0.455. The molecule has 6 nitrogen and oxygen atoms in total. The molecule has 4 N–H and O–H groups in total. The number of hydrogen-bond donors (Lipinski definition) is 4. The Morgan fingerprint density at radius 1 is 0.724 bits per heavy atom. The Kier molecular flexibility index (Phi) is 10.5. The average molecular weight is 421 g/mol. The van der Waals surface area contributed by atoms with Crippen LogP contribution in [-0.2, 0) is 0 Å². The number of ether oxygens (including phenoxy) is 2. The smallest absolute Gasteiger partial charge is 0.119 e. The lowest BCUT2D eigenvalue weighted by atomic mass is 10.3. The summed E-state index contributed by atoms with van der Waals surface area (Å²) in [7, 11) is 0. The maximum absolute atomic E-state index is 10.1. The van der Waals surface area contributed by atoms with E-state index in [9.17, 15) is 10.2 Å². The van der Waals surface area contributed by atoms with Gasteiger partial charge in [0, 0.05) is 36.0 Å². The van der Waals surface area contributed by atoms with E-state index < -0.39 is 12.2 Å². The molecule has 160 valence electrons. The monoisotopic (exact) mass is 420 g/mol. The number of aliphatic hydroxyl groups is 2. The van der Waals surface area contributed by atoms with Gasteiger partial charge in [0.2, 0.25) is 0 Å². The van der Waals surface area contributed by atoms with Crippen LogP contribution in [-0.4, -0.2) is 60.2 Å². The van der Waals surface area contributed by atoms with Crippen LogP contribution < -0.4 is 20.1 Å². The zero-order chi connectivity index (χ0) is 20.9. The third-order valence-corrected chi connectivity index (χ3v) is 5.28. The van der Waals surface area contributed by atoms with Crippen LogP contribution in [0.15, 0.2) is 48.5 Å². The lowest BCUT2D eigenvalue weighted by Gasteiger charge is -2.16. The van der Waals surface area contributed by atoms with Gasteiger partial charge in [-0.05, 0) is 62.4 Å². The van der Waals surface area contributed by atoms with E-state index in [4.69, 9.17) is 9.47 Å². The summed E-state index contributed by atoms with van der Waals surface area (Å²) < 4.78 is 10.8. The van der Waals surface area contributed by atoms with Gasteiger partial charge in [0.05, 0.1) is 25.4 Å². The summed E-state index contributed by atoms with van der Waals surface area (Å²) >= 11 is 1.54. The highest BCUT2D eigenvalue weighted by atomic mass is 32.2. The SMILES string of the molecule is CCOc1ccc(NC[C@H](O)CSC[C@@H](O)CNc2ccc(OCC)cc2)cc1. The van der Waals surface area contributed by atoms with Gasteiger partial charge in [-0.1, -0.05) is 0 Å². The van der Waals surface area contributed by atoms with Crippen molar-refractivity contribution in [3.05, 3.63) is 48.5 Å². The molecule has 0 fully saturated rings. The number of benzene rings is 2. The van der Waals surface area contributed by atoms with Crippen LogP contribution in [0.2, 0.25) is 0 Å². The number of anilines is 2. The predicted molar refractivity (Wildman–Crippen MR) is 122 cm³/mol. The molecule has 0 bridgehead atoms. The van der Waals surface area contributed by atoms with E-state index in [-0.39, 0.29) is 0 Å². The molecule has 0 saturated heterocycles. The molecule has 0 spiro atoms. The van der Waals surface area contributed by atoms with Crippen LogP contribution >= 0.6 is 11.8 Å². The van der Waals surface area contributed by atoms with Gasteiger partial charge in [0.1, 0.15) is 11.5 Å². The van der Waals surface area contributed by atoms with Gasteiger partial charge in [-0.3, -0.25) is 0 Å². The van der Waals surface area contributed by atoms with Crippen LogP contribution in [0.5, 0.6) is 11.5 Å². The molecular formula is C22H32N2O4S. The lowest BCUT2D eigenvalue weighted by molar-refractivity contribution is 0.207. The van der Waals surface area contributed by atoms with Crippen LogP contribution in [0.25, 0.3) is 0 Å². The minimum atomic E-state index is -0.488. The molecule has 0 aliphatic heterocycles. The summed E-state index contributed by atoms with van der Waals surface area (Å²) in [6.07, 6.45) is -0.976. The van der Waals surface area contributed by atoms with Crippen LogP contribution in [0, 0.1) is 0 Å². The van der Waals surface area contributed by atoms with Gasteiger partial charge in [0.15, 0.2) is 0 Å². The normalized spacial score (nSPS) is 12.8. The van der Waals surface area contributed by atoms with Crippen molar-refractivity contribution < 1.29 is 19.7 Å². The van der Waals surface area contributed by atoms with Crippen molar-refractivity contribution in [2.75, 3.05) is 48.4 Å². The lowest BCUT2D eigenvalue weighted by Crippen LogP contribution is -2.25. The molecule has 2 aromatic rings. The first-order valence-electron chi connectivity index (χ1n) is 9.98. The predicted octanol–water partition coefficient (Wildman–Crippen LogP) is 3.46. The summed E-state index contributed by atoms with van der Waals surface area (Å²) in [5, 5.41) is 26.7. The zero-order valence-electron chi connectivity index (χ0n) is 17.1. The standard InChI is InChI=1S/C22H32N2O4S/c1-3-27-21-9-5-17(6-10-21)23-13-19(25)15-29-16-20(26)14-24-18-7-11-22(12-8-18)28-4-2/h5-12,19-20,23-26H,3-4,13-16H2,1-2H3/t19-,20-/m0/s1. The van der Waals surface area contributed by atoms with E-state index in [1.165, 1.54) is 11.8 Å². The molecule has 0 saturated carbocycles. The first kappa shape index (κ1) is 23.2. The Labute approximate surface area is 177 Å². The van der Waals surface area contributed by atoms with Gasteiger partial charge < -0.3 is 30.3 Å². The molecule has 2 aromatic carbocycles. The molecule has 2 atom stereocenters. The minimum absolute atomic E-state index is 0.460. The largest absolute Gasteiger partial charge is 0.494 e. The number of rotatable bonds is 14. The summed E-state index contributed by atoms with van der Waals surface area (Å²) in [4.78, 5) is 0. The summed E-state index contributed by atoms with van der Waals surface area (Å²) in [5.41, 5.74) is 1.88. The second kappa shape index (κ2) is 13.2. The summed E-state index contributed by atoms with van der Waals surface area (Å²) in [6.45, 7) is 6.11. The number of aliphatic hydroxyl groups excluding tert-OH is 2. The first-order chi connectivity index (χ1) is 14.1. The third kappa shape index (κ3) is 9.30. The average Bonchev–Trinajstić information content (AvgIpc) is 2.73. The molecule has 0 aliphatic rings. The molecule has 29 heavy (non-hydrogen) atoms. The summed E-state index contributed by atoms with van der Waals surface area (Å²) in [6, 6.07) is 15.3. The van der Waals surface area contributed by atoms with E-state index in [0.717, 1.165) is 22.9 Å². The molecule has 0 radical (unpaired) electrons. The van der Waals surface area contributed by atoms with Gasteiger partial charge in [-0.15, -0.1) is 0 Å². The van der Waals surface area contributed by atoms with E-state index in [1.54, 1.807) is 0 Å². The Hall–Kier alpha value is -2.09. The zero-order valence-corrected chi connectivity index (χ0v) is 18.0. The van der Waals surface area contributed by atoms with Crippen molar-refractivity contribution in [3.63, 3.8) is 0 Å². The van der Waals surface area contributed by atoms with Crippen LogP contribution in [0.3, 0.4) is 0 Å². The van der Waals surface area contributed by atoms with Crippen LogP contribution in [0.1, 0.15) is 13.8 Å². The Morgan fingerprint density at radius 2 is 1.10 bits per heavy atom. The van der Waals surface area contributed by atoms with Crippen molar-refractivity contribution in [1.82, 2.24) is 0 Å². The van der Waals surface area contributed by atoms with Crippen LogP contribution in [0.4, 0.5) is 11.4 Å². The van der Waals surface area contributed by atoms with E-state index in [1.807, 2.05) is 62.4 Å². The topological polar surface area (TPSA) is 83.0 Å². The number of hydrogen-bond acceptors (Lipinski definition) is 7.